The van der Waals surface area contributed by atoms with Crippen molar-refractivity contribution in [3.8, 4) is 0 Å². The second-order valence-electron chi connectivity index (χ2n) is 8.95. The fraction of sp³-hybridized carbons (Fsp3) is 0.538. The van der Waals surface area contributed by atoms with Gasteiger partial charge in [0.2, 0.25) is 0 Å². The zero-order chi connectivity index (χ0) is 22.6. The zero-order valence-corrected chi connectivity index (χ0v) is 19.0. The number of benzene rings is 2. The van der Waals surface area contributed by atoms with Gasteiger partial charge < -0.3 is 10.2 Å². The van der Waals surface area contributed by atoms with E-state index in [4.69, 9.17) is 0 Å². The molecular formula is C26H35F3N2. The van der Waals surface area contributed by atoms with Gasteiger partial charge in [-0.15, -0.1) is 0 Å². The number of halogens is 3. The standard InChI is InChI=1S/C26H35F3N2/c1-5-31(6-2)17-18(3)12-14-22-19(4)23-16-21(26(27,28)29)13-15-24(23)30-25(22)20-10-8-7-9-11-20/h7-11,13,15-16,18-19,22,25,30H,5-6,12,14,17H2,1-4H3/t18-,19+,22-,25+/m1/s1. The molecule has 0 spiro atoms. The predicted octanol–water partition coefficient (Wildman–Crippen LogP) is 7.35. The normalized spacial score (nSPS) is 22.1. The Morgan fingerprint density at radius 1 is 1.03 bits per heavy atom. The first kappa shape index (κ1) is 23.6. The maximum Gasteiger partial charge on any atom is 0.416 e. The molecule has 0 saturated heterocycles. The van der Waals surface area contributed by atoms with Gasteiger partial charge in [-0.25, -0.2) is 0 Å². The first-order chi connectivity index (χ1) is 14.7. The van der Waals surface area contributed by atoms with Crippen LogP contribution in [0.15, 0.2) is 48.5 Å². The first-order valence-corrected chi connectivity index (χ1v) is 11.5. The summed E-state index contributed by atoms with van der Waals surface area (Å²) in [6.45, 7) is 11.9. The minimum Gasteiger partial charge on any atom is -0.378 e. The molecule has 2 nitrogen and oxygen atoms in total. The molecule has 1 N–H and O–H groups in total. The van der Waals surface area contributed by atoms with E-state index < -0.39 is 11.7 Å². The van der Waals surface area contributed by atoms with Crippen molar-refractivity contribution in [1.29, 1.82) is 0 Å². The Morgan fingerprint density at radius 3 is 2.32 bits per heavy atom. The van der Waals surface area contributed by atoms with Gasteiger partial charge in [0.25, 0.3) is 0 Å². The number of anilines is 1. The summed E-state index contributed by atoms with van der Waals surface area (Å²) >= 11 is 0. The van der Waals surface area contributed by atoms with Gasteiger partial charge in [0.15, 0.2) is 0 Å². The molecule has 3 rings (SSSR count). The highest BCUT2D eigenvalue weighted by molar-refractivity contribution is 5.59. The van der Waals surface area contributed by atoms with E-state index in [2.05, 4.69) is 50.0 Å². The molecule has 0 bridgehead atoms. The number of hydrogen-bond acceptors (Lipinski definition) is 2. The number of nitrogens with one attached hydrogen (secondary N) is 1. The maximum absolute atomic E-state index is 13.3. The van der Waals surface area contributed by atoms with E-state index in [1.165, 1.54) is 17.7 Å². The van der Waals surface area contributed by atoms with E-state index in [1.807, 2.05) is 18.2 Å². The Bertz CT molecular complexity index is 830. The van der Waals surface area contributed by atoms with Crippen molar-refractivity contribution in [2.24, 2.45) is 11.8 Å². The largest absolute Gasteiger partial charge is 0.416 e. The van der Waals surface area contributed by atoms with E-state index >= 15 is 0 Å². The van der Waals surface area contributed by atoms with Crippen molar-refractivity contribution in [2.45, 2.75) is 58.7 Å². The number of rotatable bonds is 8. The summed E-state index contributed by atoms with van der Waals surface area (Å²) in [6.07, 6.45) is -2.28. The lowest BCUT2D eigenvalue weighted by atomic mass is 9.73. The second-order valence-corrected chi connectivity index (χ2v) is 8.95. The van der Waals surface area contributed by atoms with Crippen LogP contribution >= 0.6 is 0 Å². The quantitative estimate of drug-likeness (QED) is 0.469. The zero-order valence-electron chi connectivity index (χ0n) is 19.0. The number of fused-ring (bicyclic) bond motifs is 1. The Hall–Kier alpha value is -2.01. The van der Waals surface area contributed by atoms with Gasteiger partial charge in [0.05, 0.1) is 11.6 Å². The number of alkyl halides is 3. The fourth-order valence-electron chi connectivity index (χ4n) is 4.94. The molecule has 2 aromatic rings. The molecule has 0 aliphatic carbocycles. The summed E-state index contributed by atoms with van der Waals surface area (Å²) in [6, 6.07) is 14.5. The highest BCUT2D eigenvalue weighted by Crippen LogP contribution is 2.48. The lowest BCUT2D eigenvalue weighted by Crippen LogP contribution is -2.32. The molecule has 5 heteroatoms. The molecular weight excluding hydrogens is 397 g/mol. The summed E-state index contributed by atoms with van der Waals surface area (Å²) in [5, 5.41) is 3.58. The molecule has 0 radical (unpaired) electrons. The Kier molecular flexibility index (Phi) is 7.68. The van der Waals surface area contributed by atoms with Crippen molar-refractivity contribution in [3.05, 3.63) is 65.2 Å². The number of nitrogens with zero attached hydrogens (tertiary/aromatic N) is 1. The summed E-state index contributed by atoms with van der Waals surface area (Å²) < 4.78 is 40.0. The summed E-state index contributed by atoms with van der Waals surface area (Å²) in [5.74, 6) is 0.827. The van der Waals surface area contributed by atoms with Gasteiger partial charge in [-0.1, -0.05) is 58.0 Å². The van der Waals surface area contributed by atoms with Crippen LogP contribution in [0, 0.1) is 11.8 Å². The van der Waals surface area contributed by atoms with Crippen LogP contribution in [-0.4, -0.2) is 24.5 Å². The van der Waals surface area contributed by atoms with Crippen molar-refractivity contribution in [3.63, 3.8) is 0 Å². The third kappa shape index (κ3) is 5.62. The predicted molar refractivity (Wildman–Crippen MR) is 122 cm³/mol. The van der Waals surface area contributed by atoms with Crippen LogP contribution in [0.5, 0.6) is 0 Å². The van der Waals surface area contributed by atoms with Crippen LogP contribution in [0.4, 0.5) is 18.9 Å². The Labute approximate surface area is 184 Å². The topological polar surface area (TPSA) is 15.3 Å². The van der Waals surface area contributed by atoms with Crippen molar-refractivity contribution < 1.29 is 13.2 Å². The van der Waals surface area contributed by atoms with E-state index in [0.717, 1.165) is 43.7 Å². The van der Waals surface area contributed by atoms with E-state index in [-0.39, 0.29) is 17.9 Å². The smallest absolute Gasteiger partial charge is 0.378 e. The van der Waals surface area contributed by atoms with Crippen molar-refractivity contribution in [2.75, 3.05) is 25.0 Å². The van der Waals surface area contributed by atoms with Gasteiger partial charge >= 0.3 is 6.18 Å². The van der Waals surface area contributed by atoms with Crippen molar-refractivity contribution in [1.82, 2.24) is 4.90 Å². The average Bonchev–Trinajstić information content (AvgIpc) is 2.76. The van der Waals surface area contributed by atoms with Gasteiger partial charge in [-0.3, -0.25) is 0 Å². The summed E-state index contributed by atoms with van der Waals surface area (Å²) in [4.78, 5) is 2.44. The molecule has 2 aromatic carbocycles. The highest BCUT2D eigenvalue weighted by atomic mass is 19.4. The molecule has 0 fully saturated rings. The molecule has 1 aliphatic heterocycles. The Balaban J connectivity index is 1.86. The van der Waals surface area contributed by atoms with E-state index in [9.17, 15) is 13.2 Å². The lowest BCUT2D eigenvalue weighted by Gasteiger charge is -2.40. The molecule has 1 aliphatic rings. The number of hydrogen-bond donors (Lipinski definition) is 1. The van der Waals surface area contributed by atoms with Crippen LogP contribution < -0.4 is 5.32 Å². The van der Waals surface area contributed by atoms with Crippen LogP contribution in [-0.2, 0) is 6.18 Å². The molecule has 0 unspecified atom stereocenters. The van der Waals surface area contributed by atoms with Gasteiger partial charge in [-0.2, -0.15) is 13.2 Å². The van der Waals surface area contributed by atoms with Crippen LogP contribution in [0.1, 0.15) is 69.2 Å². The molecule has 0 saturated carbocycles. The van der Waals surface area contributed by atoms with Gasteiger partial charge in [0, 0.05) is 12.2 Å². The minimum atomic E-state index is -4.32. The molecule has 0 aromatic heterocycles. The molecule has 170 valence electrons. The monoisotopic (exact) mass is 432 g/mol. The summed E-state index contributed by atoms with van der Waals surface area (Å²) in [5.41, 5.74) is 2.23. The average molecular weight is 433 g/mol. The molecule has 4 atom stereocenters. The highest BCUT2D eigenvalue weighted by Gasteiger charge is 2.37. The fourth-order valence-corrected chi connectivity index (χ4v) is 4.94. The SMILES string of the molecule is CCN(CC)C[C@H](C)CC[C@@H]1[C@H](C)c2cc(C(F)(F)F)ccc2N[C@H]1c1ccccc1. The maximum atomic E-state index is 13.3. The Morgan fingerprint density at radius 2 is 1.71 bits per heavy atom. The molecule has 31 heavy (non-hydrogen) atoms. The van der Waals surface area contributed by atoms with Gasteiger partial charge in [-0.05, 0) is 73.0 Å². The third-order valence-corrected chi connectivity index (χ3v) is 6.87. The third-order valence-electron chi connectivity index (χ3n) is 6.87. The van der Waals surface area contributed by atoms with Gasteiger partial charge in [0.1, 0.15) is 0 Å². The molecule has 0 amide bonds. The van der Waals surface area contributed by atoms with Crippen LogP contribution in [0.25, 0.3) is 0 Å². The van der Waals surface area contributed by atoms with Crippen LogP contribution in [0.2, 0.25) is 0 Å². The second kappa shape index (κ2) is 10.1. The van der Waals surface area contributed by atoms with E-state index in [0.29, 0.717) is 5.92 Å². The molecule has 1 heterocycles. The first-order valence-electron chi connectivity index (χ1n) is 11.5. The van der Waals surface area contributed by atoms with Crippen molar-refractivity contribution >= 4 is 5.69 Å². The lowest BCUT2D eigenvalue weighted by molar-refractivity contribution is -0.137. The summed E-state index contributed by atoms with van der Waals surface area (Å²) in [7, 11) is 0. The van der Waals surface area contributed by atoms with E-state index in [1.54, 1.807) is 6.07 Å². The van der Waals surface area contributed by atoms with Crippen LogP contribution in [0.3, 0.4) is 0 Å². The minimum absolute atomic E-state index is 0.0457.